The summed E-state index contributed by atoms with van der Waals surface area (Å²) in [5, 5.41) is 13.9. The lowest BCUT2D eigenvalue weighted by molar-refractivity contribution is 0.0685. The number of benzene rings is 2. The van der Waals surface area contributed by atoms with Crippen molar-refractivity contribution in [3.8, 4) is 5.75 Å². The van der Waals surface area contributed by atoms with E-state index < -0.39 is 23.8 Å². The molecule has 3 aromatic rings. The first-order valence-corrected chi connectivity index (χ1v) is 10.1. The van der Waals surface area contributed by atoms with Crippen LogP contribution in [-0.2, 0) is 17.7 Å². The van der Waals surface area contributed by atoms with Crippen LogP contribution in [0.1, 0.15) is 27.2 Å². The van der Waals surface area contributed by atoms with Gasteiger partial charge in [-0.3, -0.25) is 0 Å². The quantitative estimate of drug-likeness (QED) is 0.628. The van der Waals surface area contributed by atoms with Gasteiger partial charge in [-0.15, -0.1) is 0 Å². The zero-order valence-electron chi connectivity index (χ0n) is 17.2. The van der Waals surface area contributed by atoms with Crippen molar-refractivity contribution in [2.45, 2.75) is 19.2 Å². The van der Waals surface area contributed by atoms with Gasteiger partial charge in [0.15, 0.2) is 6.23 Å². The third kappa shape index (κ3) is 3.23. The molecule has 164 valence electrons. The molecule has 3 heterocycles. The second kappa shape index (κ2) is 7.80. The summed E-state index contributed by atoms with van der Waals surface area (Å²) < 4.78 is 41.1. The van der Waals surface area contributed by atoms with E-state index in [9.17, 15) is 18.7 Å². The molecule has 1 unspecified atom stereocenters. The number of carboxylic acids is 1. The van der Waals surface area contributed by atoms with Crippen LogP contribution in [0.3, 0.4) is 0 Å². The lowest BCUT2D eigenvalue weighted by atomic mass is 9.97. The highest BCUT2D eigenvalue weighted by Gasteiger charge is 2.31. The molecule has 2 aliphatic heterocycles. The van der Waals surface area contributed by atoms with Crippen molar-refractivity contribution in [2.75, 3.05) is 13.7 Å². The number of nitrogens with zero attached hydrogens (tertiary/aromatic N) is 1. The van der Waals surface area contributed by atoms with Crippen molar-refractivity contribution >= 4 is 22.4 Å². The number of allylic oxidation sites excluding steroid dienone is 2. The van der Waals surface area contributed by atoms with Gasteiger partial charge in [0.2, 0.25) is 0 Å². The molecule has 0 bridgehead atoms. The topological polar surface area (TPSA) is 72.7 Å². The van der Waals surface area contributed by atoms with Crippen molar-refractivity contribution in [3.05, 3.63) is 82.7 Å². The molecule has 1 atom stereocenters. The molecular weight excluding hydrogens is 418 g/mol. The van der Waals surface area contributed by atoms with Gasteiger partial charge in [-0.2, -0.15) is 0 Å². The maximum atomic E-state index is 14.5. The molecule has 2 aromatic carbocycles. The number of dihydropyridines is 1. The van der Waals surface area contributed by atoms with Crippen molar-refractivity contribution in [2.24, 2.45) is 0 Å². The van der Waals surface area contributed by atoms with Crippen LogP contribution in [0, 0.1) is 11.6 Å². The molecule has 2 N–H and O–H groups in total. The zero-order chi connectivity index (χ0) is 22.4. The Labute approximate surface area is 182 Å². The van der Waals surface area contributed by atoms with E-state index in [-0.39, 0.29) is 17.8 Å². The molecule has 0 spiro atoms. The summed E-state index contributed by atoms with van der Waals surface area (Å²) in [6.07, 6.45) is 5.37. The molecule has 5 rings (SSSR count). The van der Waals surface area contributed by atoms with E-state index in [2.05, 4.69) is 5.32 Å². The fourth-order valence-corrected chi connectivity index (χ4v) is 4.41. The van der Waals surface area contributed by atoms with Crippen molar-refractivity contribution in [1.82, 2.24) is 9.88 Å². The molecule has 1 aromatic heterocycles. The van der Waals surface area contributed by atoms with Gasteiger partial charge in [-0.25, -0.2) is 13.6 Å². The summed E-state index contributed by atoms with van der Waals surface area (Å²) in [6.45, 7) is 0.394. The first-order valence-electron chi connectivity index (χ1n) is 10.1. The van der Waals surface area contributed by atoms with Crippen LogP contribution in [0.5, 0.6) is 5.75 Å². The number of ether oxygens (including phenoxy) is 2. The van der Waals surface area contributed by atoms with Crippen LogP contribution in [0.2, 0.25) is 0 Å². The normalized spacial score (nSPS) is 17.1. The van der Waals surface area contributed by atoms with Gasteiger partial charge in [0.05, 0.1) is 18.7 Å². The largest absolute Gasteiger partial charge is 0.493 e. The maximum absolute atomic E-state index is 14.5. The number of methoxy groups -OCH3 is 1. The third-order valence-electron chi connectivity index (χ3n) is 5.84. The van der Waals surface area contributed by atoms with Crippen molar-refractivity contribution in [1.29, 1.82) is 0 Å². The summed E-state index contributed by atoms with van der Waals surface area (Å²) in [5.74, 6) is -1.68. The highest BCUT2D eigenvalue weighted by Crippen LogP contribution is 2.40. The van der Waals surface area contributed by atoms with E-state index in [0.717, 1.165) is 23.8 Å². The van der Waals surface area contributed by atoms with Crippen molar-refractivity contribution in [3.63, 3.8) is 0 Å². The second-order valence-electron chi connectivity index (χ2n) is 7.69. The first kappa shape index (κ1) is 20.3. The van der Waals surface area contributed by atoms with E-state index in [1.165, 1.54) is 11.7 Å². The molecule has 0 saturated heterocycles. The maximum Gasteiger partial charge on any atom is 0.353 e. The number of rotatable bonds is 5. The minimum atomic E-state index is -1.18. The molecule has 0 saturated carbocycles. The fraction of sp³-hybridized carbons (Fsp3) is 0.208. The van der Waals surface area contributed by atoms with E-state index >= 15 is 0 Å². The molecule has 2 aliphatic rings. The number of aromatic nitrogens is 1. The fourth-order valence-electron chi connectivity index (χ4n) is 4.41. The summed E-state index contributed by atoms with van der Waals surface area (Å²) in [5.41, 5.74) is 2.65. The summed E-state index contributed by atoms with van der Waals surface area (Å²) in [4.78, 5) is 12.5. The first-order chi connectivity index (χ1) is 15.5. The smallest absolute Gasteiger partial charge is 0.353 e. The molecule has 0 aliphatic carbocycles. The van der Waals surface area contributed by atoms with Gasteiger partial charge in [-0.1, -0.05) is 6.08 Å². The van der Waals surface area contributed by atoms with Crippen molar-refractivity contribution < 1.29 is 28.2 Å². The van der Waals surface area contributed by atoms with Gasteiger partial charge >= 0.3 is 5.97 Å². The van der Waals surface area contributed by atoms with E-state index in [1.807, 2.05) is 12.1 Å². The molecule has 6 nitrogen and oxygen atoms in total. The van der Waals surface area contributed by atoms with Gasteiger partial charge in [-0.05, 0) is 48.2 Å². The lowest BCUT2D eigenvalue weighted by Gasteiger charge is -2.22. The van der Waals surface area contributed by atoms with Crippen LogP contribution in [-0.4, -0.2) is 35.6 Å². The lowest BCUT2D eigenvalue weighted by Crippen LogP contribution is -2.30. The number of halogens is 2. The number of nitrogens with one attached hydrogen (secondary N) is 1. The number of fused-ring (bicyclic) bond motifs is 2. The number of hydrogen-bond acceptors (Lipinski definition) is 4. The van der Waals surface area contributed by atoms with Gasteiger partial charge < -0.3 is 24.5 Å². The Bertz CT molecular complexity index is 1310. The molecule has 0 amide bonds. The van der Waals surface area contributed by atoms with Crippen LogP contribution >= 0.6 is 0 Å². The van der Waals surface area contributed by atoms with Crippen LogP contribution < -0.4 is 10.1 Å². The Kier molecular flexibility index (Phi) is 4.94. The number of carbonyl (C=O) groups is 1. The average molecular weight is 438 g/mol. The Balaban J connectivity index is 1.82. The SMILES string of the molecule is COC1NC=CC=C1c1c(C(=O)O)n(Cc2cc(F)ccc2F)c2cc3c(cc12)OCC3. The monoisotopic (exact) mass is 438 g/mol. The molecule has 0 fully saturated rings. The Morgan fingerprint density at radius 1 is 1.31 bits per heavy atom. The summed E-state index contributed by atoms with van der Waals surface area (Å²) in [6, 6.07) is 6.87. The molecule has 0 radical (unpaired) electrons. The third-order valence-corrected chi connectivity index (χ3v) is 5.84. The predicted molar refractivity (Wildman–Crippen MR) is 115 cm³/mol. The predicted octanol–water partition coefficient (Wildman–Crippen LogP) is 4.07. The Morgan fingerprint density at radius 2 is 2.16 bits per heavy atom. The number of hydrogen-bond donors (Lipinski definition) is 2. The van der Waals surface area contributed by atoms with E-state index in [4.69, 9.17) is 9.47 Å². The van der Waals surface area contributed by atoms with Crippen LogP contribution in [0.4, 0.5) is 8.78 Å². The van der Waals surface area contributed by atoms with E-state index in [0.29, 0.717) is 40.8 Å². The standard InChI is InChI=1S/C24H20F2N2O4/c1-31-23-16(3-2-7-27-23)21-17-11-20-13(6-8-32-20)10-19(17)28(22(21)24(29)30)12-14-9-15(25)4-5-18(14)26/h2-5,7,9-11,23,27H,6,8,12H2,1H3,(H,29,30). The average Bonchev–Trinajstić information content (AvgIpc) is 3.36. The minimum Gasteiger partial charge on any atom is -0.493 e. The van der Waals surface area contributed by atoms with Crippen LogP contribution in [0.25, 0.3) is 16.5 Å². The van der Waals surface area contributed by atoms with Crippen LogP contribution in [0.15, 0.2) is 48.7 Å². The van der Waals surface area contributed by atoms with Gasteiger partial charge in [0, 0.05) is 35.6 Å². The molecule has 8 heteroatoms. The number of carboxylic acid groups (broad SMARTS) is 1. The van der Waals surface area contributed by atoms with Gasteiger partial charge in [0.25, 0.3) is 0 Å². The van der Waals surface area contributed by atoms with E-state index in [1.54, 1.807) is 18.4 Å². The Hall–Kier alpha value is -3.65. The Morgan fingerprint density at radius 3 is 2.94 bits per heavy atom. The summed E-state index contributed by atoms with van der Waals surface area (Å²) >= 11 is 0. The molecular formula is C24H20F2N2O4. The highest BCUT2D eigenvalue weighted by molar-refractivity contribution is 6.06. The van der Waals surface area contributed by atoms with Gasteiger partial charge in [0.1, 0.15) is 23.1 Å². The second-order valence-corrected chi connectivity index (χ2v) is 7.69. The minimum absolute atomic E-state index is 0.0299. The highest BCUT2D eigenvalue weighted by atomic mass is 19.1. The zero-order valence-corrected chi connectivity index (χ0v) is 17.2. The summed E-state index contributed by atoms with van der Waals surface area (Å²) in [7, 11) is 1.52. The molecule has 32 heavy (non-hydrogen) atoms. The number of aromatic carboxylic acids is 1.